The average molecular weight is 378 g/mol. The van der Waals surface area contributed by atoms with Gasteiger partial charge in [0.15, 0.2) is 5.96 Å². The molecule has 1 aromatic rings. The fraction of sp³-hybridized carbons (Fsp3) is 0.417. The second-order valence-electron chi connectivity index (χ2n) is 4.01. The summed E-state index contributed by atoms with van der Waals surface area (Å²) in [5.74, 6) is 2.58. The number of anilines is 1. The van der Waals surface area contributed by atoms with Crippen molar-refractivity contribution in [2.24, 2.45) is 16.5 Å². The minimum atomic E-state index is 0. The Balaban J connectivity index is 0.00000162. The number of benzene rings is 1. The molecule has 4 nitrogen and oxygen atoms in total. The Morgan fingerprint density at radius 3 is 2.33 bits per heavy atom. The van der Waals surface area contributed by atoms with Gasteiger partial charge < -0.3 is 16.4 Å². The highest BCUT2D eigenvalue weighted by molar-refractivity contribution is 14.0. The predicted octanol–water partition coefficient (Wildman–Crippen LogP) is 1.63. The Labute approximate surface area is 129 Å². The van der Waals surface area contributed by atoms with Crippen molar-refractivity contribution in [3.05, 3.63) is 29.8 Å². The molecule has 2 rings (SSSR count). The van der Waals surface area contributed by atoms with Crippen LogP contribution in [0.25, 0.3) is 0 Å². The van der Waals surface area contributed by atoms with Crippen LogP contribution in [-0.4, -0.2) is 30.6 Å². The highest BCUT2D eigenvalue weighted by Gasteiger charge is 2.10. The van der Waals surface area contributed by atoms with Gasteiger partial charge in [0.1, 0.15) is 0 Å². The maximum atomic E-state index is 5.30. The molecule has 4 N–H and O–H groups in total. The number of nitrogens with two attached hydrogens (primary N) is 2. The van der Waals surface area contributed by atoms with E-state index in [-0.39, 0.29) is 29.9 Å². The SMILES string of the molecule is I.NC(N)=NCc1ccc(N2CCSCC2)cc1. The van der Waals surface area contributed by atoms with Crippen molar-refractivity contribution >= 4 is 47.4 Å². The highest BCUT2D eigenvalue weighted by Crippen LogP contribution is 2.19. The van der Waals surface area contributed by atoms with Gasteiger partial charge in [-0.25, -0.2) is 4.99 Å². The van der Waals surface area contributed by atoms with Crippen molar-refractivity contribution in [3.63, 3.8) is 0 Å². The van der Waals surface area contributed by atoms with Crippen molar-refractivity contribution in [1.82, 2.24) is 0 Å². The minimum absolute atomic E-state index is 0. The number of thioether (sulfide) groups is 1. The van der Waals surface area contributed by atoms with Gasteiger partial charge >= 0.3 is 0 Å². The minimum Gasteiger partial charge on any atom is -0.370 e. The van der Waals surface area contributed by atoms with Gasteiger partial charge in [-0.3, -0.25) is 0 Å². The summed E-state index contributed by atoms with van der Waals surface area (Å²) >= 11 is 2.02. The van der Waals surface area contributed by atoms with E-state index in [0.29, 0.717) is 6.54 Å². The average Bonchev–Trinajstić information content (AvgIpc) is 2.38. The molecule has 0 bridgehead atoms. The number of aliphatic imine (C=N–C) groups is 1. The van der Waals surface area contributed by atoms with Crippen LogP contribution in [0, 0.1) is 0 Å². The maximum absolute atomic E-state index is 5.30. The van der Waals surface area contributed by atoms with Gasteiger partial charge in [-0.1, -0.05) is 12.1 Å². The van der Waals surface area contributed by atoms with Crippen LogP contribution in [0.15, 0.2) is 29.3 Å². The fourth-order valence-electron chi connectivity index (χ4n) is 1.82. The fourth-order valence-corrected chi connectivity index (χ4v) is 2.72. The molecule has 1 aliphatic rings. The zero-order valence-corrected chi connectivity index (χ0v) is 13.4. The molecule has 0 unspecified atom stereocenters. The third-order valence-electron chi connectivity index (χ3n) is 2.76. The Morgan fingerprint density at radius 1 is 1.17 bits per heavy atom. The van der Waals surface area contributed by atoms with Gasteiger partial charge in [0.25, 0.3) is 0 Å². The van der Waals surface area contributed by atoms with Gasteiger partial charge in [-0.2, -0.15) is 11.8 Å². The first kappa shape index (κ1) is 15.4. The molecule has 0 aromatic heterocycles. The van der Waals surface area contributed by atoms with Crippen LogP contribution in [0.1, 0.15) is 5.56 Å². The molecule has 0 radical (unpaired) electrons. The van der Waals surface area contributed by atoms with Gasteiger partial charge in [0.05, 0.1) is 6.54 Å². The van der Waals surface area contributed by atoms with Gasteiger partial charge in [-0.05, 0) is 17.7 Å². The van der Waals surface area contributed by atoms with Crippen molar-refractivity contribution in [2.75, 3.05) is 29.5 Å². The van der Waals surface area contributed by atoms with Crippen LogP contribution in [0.4, 0.5) is 5.69 Å². The van der Waals surface area contributed by atoms with E-state index >= 15 is 0 Å². The molecular weight excluding hydrogens is 359 g/mol. The third kappa shape index (κ3) is 4.56. The lowest BCUT2D eigenvalue weighted by Crippen LogP contribution is -2.32. The third-order valence-corrected chi connectivity index (χ3v) is 3.70. The van der Waals surface area contributed by atoms with Crippen LogP contribution >= 0.6 is 35.7 Å². The number of hydrogen-bond acceptors (Lipinski definition) is 3. The number of rotatable bonds is 3. The molecule has 100 valence electrons. The molecule has 18 heavy (non-hydrogen) atoms. The van der Waals surface area contributed by atoms with Crippen molar-refractivity contribution < 1.29 is 0 Å². The largest absolute Gasteiger partial charge is 0.370 e. The zero-order valence-electron chi connectivity index (χ0n) is 10.2. The first-order chi connectivity index (χ1) is 8.25. The molecule has 1 fully saturated rings. The summed E-state index contributed by atoms with van der Waals surface area (Å²) in [6.45, 7) is 2.83. The van der Waals surface area contributed by atoms with E-state index in [9.17, 15) is 0 Å². The smallest absolute Gasteiger partial charge is 0.186 e. The monoisotopic (exact) mass is 378 g/mol. The molecule has 0 aliphatic carbocycles. The van der Waals surface area contributed by atoms with Crippen LogP contribution in [0.5, 0.6) is 0 Å². The van der Waals surface area contributed by atoms with Crippen LogP contribution in [0.2, 0.25) is 0 Å². The number of halogens is 1. The van der Waals surface area contributed by atoms with Gasteiger partial charge in [0, 0.05) is 30.3 Å². The van der Waals surface area contributed by atoms with Crippen LogP contribution < -0.4 is 16.4 Å². The van der Waals surface area contributed by atoms with E-state index in [1.165, 1.54) is 17.2 Å². The maximum Gasteiger partial charge on any atom is 0.186 e. The topological polar surface area (TPSA) is 67.6 Å². The molecule has 0 atom stereocenters. The standard InChI is InChI=1S/C12H18N4S.HI/c13-12(14)15-9-10-1-3-11(4-2-10)16-5-7-17-8-6-16;/h1-4H,5-9H2,(H4,13,14,15);1H. The second-order valence-corrected chi connectivity index (χ2v) is 5.23. The van der Waals surface area contributed by atoms with E-state index in [2.05, 4.69) is 34.2 Å². The first-order valence-corrected chi connectivity index (χ1v) is 6.88. The van der Waals surface area contributed by atoms with E-state index in [1.54, 1.807) is 0 Å². The lowest BCUT2D eigenvalue weighted by Gasteiger charge is -2.28. The van der Waals surface area contributed by atoms with Crippen molar-refractivity contribution in [2.45, 2.75) is 6.54 Å². The predicted molar refractivity (Wildman–Crippen MR) is 90.9 cm³/mol. The van der Waals surface area contributed by atoms with Crippen LogP contribution in [-0.2, 0) is 6.54 Å². The molecule has 1 heterocycles. The molecule has 1 aliphatic heterocycles. The molecular formula is C12H19IN4S. The molecule has 0 amide bonds. The summed E-state index contributed by atoms with van der Waals surface area (Å²) in [7, 11) is 0. The van der Waals surface area contributed by atoms with Crippen molar-refractivity contribution in [1.29, 1.82) is 0 Å². The quantitative estimate of drug-likeness (QED) is 0.477. The molecule has 0 saturated carbocycles. The van der Waals surface area contributed by atoms with Gasteiger partial charge in [0.2, 0.25) is 0 Å². The zero-order chi connectivity index (χ0) is 12.1. The van der Waals surface area contributed by atoms with E-state index in [4.69, 9.17) is 11.5 Å². The number of hydrogen-bond donors (Lipinski definition) is 2. The van der Waals surface area contributed by atoms with E-state index < -0.39 is 0 Å². The summed E-state index contributed by atoms with van der Waals surface area (Å²) in [6, 6.07) is 8.47. The normalized spacial score (nSPS) is 14.8. The second kappa shape index (κ2) is 7.73. The van der Waals surface area contributed by atoms with Crippen molar-refractivity contribution in [3.8, 4) is 0 Å². The lowest BCUT2D eigenvalue weighted by atomic mass is 10.2. The Hall–Kier alpha value is -0.630. The van der Waals surface area contributed by atoms with E-state index in [0.717, 1.165) is 18.7 Å². The lowest BCUT2D eigenvalue weighted by molar-refractivity contribution is 0.858. The molecule has 0 spiro atoms. The Kier molecular flexibility index (Phi) is 6.62. The van der Waals surface area contributed by atoms with E-state index in [1.807, 2.05) is 11.8 Å². The molecule has 1 saturated heterocycles. The summed E-state index contributed by atoms with van der Waals surface area (Å²) in [4.78, 5) is 6.41. The molecule has 1 aromatic carbocycles. The Bertz CT molecular complexity index is 384. The Morgan fingerprint density at radius 2 is 1.78 bits per heavy atom. The van der Waals surface area contributed by atoms with Gasteiger partial charge in [-0.15, -0.1) is 24.0 Å². The molecule has 6 heteroatoms. The summed E-state index contributed by atoms with van der Waals surface area (Å²) in [5.41, 5.74) is 13.0. The van der Waals surface area contributed by atoms with Crippen LogP contribution in [0.3, 0.4) is 0 Å². The highest BCUT2D eigenvalue weighted by atomic mass is 127. The summed E-state index contributed by atoms with van der Waals surface area (Å²) in [5, 5.41) is 0. The number of nitrogens with zero attached hydrogens (tertiary/aromatic N) is 2. The summed E-state index contributed by atoms with van der Waals surface area (Å²) in [6.07, 6.45) is 0. The summed E-state index contributed by atoms with van der Waals surface area (Å²) < 4.78 is 0. The first-order valence-electron chi connectivity index (χ1n) is 5.73. The number of guanidine groups is 1.